The van der Waals surface area contributed by atoms with Gasteiger partial charge < -0.3 is 14.6 Å². The first kappa shape index (κ1) is 13.4. The average molecular weight is 246 g/mol. The van der Waals surface area contributed by atoms with Crippen molar-refractivity contribution in [1.82, 2.24) is 0 Å². The van der Waals surface area contributed by atoms with E-state index in [-0.39, 0.29) is 12.2 Å². The Bertz CT molecular complexity index is 381. The van der Waals surface area contributed by atoms with Gasteiger partial charge in [0.05, 0.1) is 7.11 Å². The highest BCUT2D eigenvalue weighted by molar-refractivity contribution is 5.74. The number of alkyl halides is 2. The van der Waals surface area contributed by atoms with Crippen LogP contribution in [0.5, 0.6) is 5.75 Å². The van der Waals surface area contributed by atoms with Gasteiger partial charge in [0.25, 0.3) is 0 Å². The summed E-state index contributed by atoms with van der Waals surface area (Å²) in [6.45, 7) is -2.91. The molecule has 0 amide bonds. The normalized spacial score (nSPS) is 12.3. The number of carbonyl (C=O) groups is 1. The number of rotatable bonds is 5. The molecule has 0 heterocycles. The van der Waals surface area contributed by atoms with Crippen LogP contribution in [0.4, 0.5) is 8.78 Å². The van der Waals surface area contributed by atoms with Gasteiger partial charge in [-0.15, -0.1) is 0 Å². The van der Waals surface area contributed by atoms with Crippen molar-refractivity contribution >= 4 is 5.97 Å². The van der Waals surface area contributed by atoms with Crippen LogP contribution in [-0.4, -0.2) is 30.9 Å². The molecule has 0 saturated heterocycles. The first-order valence-corrected chi connectivity index (χ1v) is 4.82. The predicted octanol–water partition coefficient (Wildman–Crippen LogP) is 1.36. The number of aliphatic hydroxyl groups is 1. The largest absolute Gasteiger partial charge is 0.467 e. The van der Waals surface area contributed by atoms with Crippen molar-refractivity contribution in [2.24, 2.45) is 0 Å². The number of benzene rings is 1. The van der Waals surface area contributed by atoms with E-state index < -0.39 is 18.7 Å². The molecule has 0 aliphatic heterocycles. The zero-order valence-electron chi connectivity index (χ0n) is 9.10. The summed E-state index contributed by atoms with van der Waals surface area (Å²) in [5, 5.41) is 9.38. The highest BCUT2D eigenvalue weighted by Gasteiger charge is 2.16. The average Bonchev–Trinajstić information content (AvgIpc) is 2.27. The van der Waals surface area contributed by atoms with Crippen molar-refractivity contribution in [2.45, 2.75) is 19.1 Å². The number of methoxy groups -OCH3 is 1. The molecule has 0 bridgehead atoms. The second-order valence-electron chi connectivity index (χ2n) is 3.27. The molecular formula is C11H12F2O4. The maximum Gasteiger partial charge on any atom is 0.387 e. The molecule has 0 aliphatic rings. The maximum absolute atomic E-state index is 12.0. The number of hydrogen-bond acceptors (Lipinski definition) is 4. The Balaban J connectivity index is 2.68. The van der Waals surface area contributed by atoms with Crippen molar-refractivity contribution in [2.75, 3.05) is 7.11 Å². The van der Waals surface area contributed by atoms with Crippen molar-refractivity contribution in [1.29, 1.82) is 0 Å². The van der Waals surface area contributed by atoms with Crippen LogP contribution in [0.3, 0.4) is 0 Å². The molecule has 94 valence electrons. The number of ether oxygens (including phenoxy) is 2. The zero-order valence-corrected chi connectivity index (χ0v) is 9.10. The molecule has 1 rings (SSSR count). The Morgan fingerprint density at radius 3 is 2.76 bits per heavy atom. The summed E-state index contributed by atoms with van der Waals surface area (Å²) >= 11 is 0. The molecule has 1 aromatic rings. The minimum atomic E-state index is -2.91. The lowest BCUT2D eigenvalue weighted by Gasteiger charge is -2.10. The minimum Gasteiger partial charge on any atom is -0.467 e. The SMILES string of the molecule is COC(=O)C(O)Cc1cccc(OC(F)F)c1. The summed E-state index contributed by atoms with van der Waals surface area (Å²) in [7, 11) is 1.15. The summed E-state index contributed by atoms with van der Waals surface area (Å²) in [6.07, 6.45) is -1.34. The summed E-state index contributed by atoms with van der Waals surface area (Å²) in [5.74, 6) is -0.792. The first-order valence-electron chi connectivity index (χ1n) is 4.82. The Hall–Kier alpha value is -1.69. The van der Waals surface area contributed by atoms with E-state index in [2.05, 4.69) is 9.47 Å². The van der Waals surface area contributed by atoms with Crippen LogP contribution in [-0.2, 0) is 16.0 Å². The van der Waals surface area contributed by atoms with Gasteiger partial charge in [0.15, 0.2) is 6.10 Å². The molecule has 1 atom stereocenters. The van der Waals surface area contributed by atoms with Crippen LogP contribution in [0.1, 0.15) is 5.56 Å². The van der Waals surface area contributed by atoms with Crippen LogP contribution in [0.2, 0.25) is 0 Å². The van der Waals surface area contributed by atoms with Gasteiger partial charge in [0.1, 0.15) is 5.75 Å². The predicted molar refractivity (Wildman–Crippen MR) is 54.8 cm³/mol. The van der Waals surface area contributed by atoms with Crippen molar-refractivity contribution in [3.8, 4) is 5.75 Å². The molecule has 0 saturated carbocycles. The molecule has 0 aromatic heterocycles. The number of esters is 1. The molecule has 1 N–H and O–H groups in total. The van der Waals surface area contributed by atoms with Gasteiger partial charge in [-0.25, -0.2) is 4.79 Å². The lowest BCUT2D eigenvalue weighted by Crippen LogP contribution is -2.24. The Morgan fingerprint density at radius 2 is 2.18 bits per heavy atom. The van der Waals surface area contributed by atoms with Gasteiger partial charge in [0.2, 0.25) is 0 Å². The van der Waals surface area contributed by atoms with E-state index >= 15 is 0 Å². The lowest BCUT2D eigenvalue weighted by atomic mass is 10.1. The fourth-order valence-corrected chi connectivity index (χ4v) is 1.29. The topological polar surface area (TPSA) is 55.8 Å². The van der Waals surface area contributed by atoms with Gasteiger partial charge in [0, 0.05) is 6.42 Å². The number of carbonyl (C=O) groups excluding carboxylic acids is 1. The van der Waals surface area contributed by atoms with E-state index in [1.165, 1.54) is 18.2 Å². The molecule has 1 unspecified atom stereocenters. The highest BCUT2D eigenvalue weighted by atomic mass is 19.3. The molecule has 4 nitrogen and oxygen atoms in total. The summed E-state index contributed by atoms with van der Waals surface area (Å²) in [6, 6.07) is 5.78. The van der Waals surface area contributed by atoms with Crippen LogP contribution < -0.4 is 4.74 Å². The highest BCUT2D eigenvalue weighted by Crippen LogP contribution is 2.17. The molecule has 0 radical (unpaired) electrons. The van der Waals surface area contributed by atoms with Crippen LogP contribution in [0.25, 0.3) is 0 Å². The van der Waals surface area contributed by atoms with Crippen LogP contribution in [0, 0.1) is 0 Å². The third-order valence-electron chi connectivity index (χ3n) is 2.03. The smallest absolute Gasteiger partial charge is 0.387 e. The second-order valence-corrected chi connectivity index (χ2v) is 3.27. The molecule has 0 aliphatic carbocycles. The van der Waals surface area contributed by atoms with Gasteiger partial charge >= 0.3 is 12.6 Å². The lowest BCUT2D eigenvalue weighted by molar-refractivity contribution is -0.150. The van der Waals surface area contributed by atoms with E-state index in [1.54, 1.807) is 6.07 Å². The molecular weight excluding hydrogens is 234 g/mol. The van der Waals surface area contributed by atoms with E-state index in [4.69, 9.17) is 0 Å². The zero-order chi connectivity index (χ0) is 12.8. The third-order valence-corrected chi connectivity index (χ3v) is 2.03. The molecule has 0 spiro atoms. The van der Waals surface area contributed by atoms with Gasteiger partial charge in [-0.1, -0.05) is 12.1 Å². The fraction of sp³-hybridized carbons (Fsp3) is 0.364. The Morgan fingerprint density at radius 1 is 1.47 bits per heavy atom. The monoisotopic (exact) mass is 246 g/mol. The molecule has 6 heteroatoms. The standard InChI is InChI=1S/C11H12F2O4/c1-16-10(15)9(14)6-7-3-2-4-8(5-7)17-11(12)13/h2-5,9,11,14H,6H2,1H3. The van der Waals surface area contributed by atoms with Gasteiger partial charge in [-0.2, -0.15) is 8.78 Å². The van der Waals surface area contributed by atoms with E-state index in [0.717, 1.165) is 7.11 Å². The summed E-state index contributed by atoms with van der Waals surface area (Å²) < 4.78 is 32.4. The van der Waals surface area contributed by atoms with E-state index in [9.17, 15) is 18.7 Å². The quantitative estimate of drug-likeness (QED) is 0.797. The fourth-order valence-electron chi connectivity index (χ4n) is 1.29. The number of hydrogen-bond donors (Lipinski definition) is 1. The summed E-state index contributed by atoms with van der Waals surface area (Å²) in [5.41, 5.74) is 0.501. The maximum atomic E-state index is 12.0. The van der Waals surface area contributed by atoms with Crippen LogP contribution in [0.15, 0.2) is 24.3 Å². The number of aliphatic hydroxyl groups excluding tert-OH is 1. The first-order chi connectivity index (χ1) is 8.02. The molecule has 17 heavy (non-hydrogen) atoms. The van der Waals surface area contributed by atoms with Gasteiger partial charge in [-0.05, 0) is 17.7 Å². The minimum absolute atomic E-state index is 0.0189. The number of halogens is 2. The van der Waals surface area contributed by atoms with E-state index in [0.29, 0.717) is 5.56 Å². The van der Waals surface area contributed by atoms with Crippen molar-refractivity contribution in [3.63, 3.8) is 0 Å². The summed E-state index contributed by atoms with van der Waals surface area (Å²) in [4.78, 5) is 11.0. The second kappa shape index (κ2) is 6.15. The Labute approximate surface area is 96.8 Å². The third kappa shape index (κ3) is 4.36. The van der Waals surface area contributed by atoms with E-state index in [1.807, 2.05) is 0 Å². The molecule has 1 aromatic carbocycles. The molecule has 0 fully saturated rings. The van der Waals surface area contributed by atoms with Crippen LogP contribution >= 0.6 is 0 Å². The van der Waals surface area contributed by atoms with Crippen molar-refractivity contribution in [3.05, 3.63) is 29.8 Å². The van der Waals surface area contributed by atoms with Crippen molar-refractivity contribution < 1.29 is 28.2 Å². The Kier molecular flexibility index (Phi) is 4.84. The van der Waals surface area contributed by atoms with Gasteiger partial charge in [-0.3, -0.25) is 0 Å².